The van der Waals surface area contributed by atoms with Crippen LogP contribution in [0.5, 0.6) is 5.75 Å². The summed E-state index contributed by atoms with van der Waals surface area (Å²) in [6.07, 6.45) is 6.17. The van der Waals surface area contributed by atoms with Crippen LogP contribution in [-0.2, 0) is 5.54 Å². The highest BCUT2D eigenvalue weighted by Gasteiger charge is 2.60. The molecule has 5 atom stereocenters. The van der Waals surface area contributed by atoms with Gasteiger partial charge in [-0.1, -0.05) is 12.5 Å². The van der Waals surface area contributed by atoms with Crippen molar-refractivity contribution in [3.63, 3.8) is 0 Å². The lowest BCUT2D eigenvalue weighted by molar-refractivity contribution is 0.153. The fourth-order valence-electron chi connectivity index (χ4n) is 5.50. The van der Waals surface area contributed by atoms with Gasteiger partial charge in [0.25, 0.3) is 0 Å². The third-order valence-electron chi connectivity index (χ3n) is 6.24. The van der Waals surface area contributed by atoms with Crippen LogP contribution in [-0.4, -0.2) is 7.11 Å². The molecule has 3 fully saturated rings. The first-order chi connectivity index (χ1) is 9.63. The average molecular weight is 275 g/mol. The molecule has 0 spiro atoms. The van der Waals surface area contributed by atoms with Crippen LogP contribution in [0.15, 0.2) is 18.2 Å². The molecule has 0 aromatic heterocycles. The Labute approximate surface area is 119 Å². The number of methoxy groups -OCH3 is 1. The first-order valence-corrected chi connectivity index (χ1v) is 7.76. The summed E-state index contributed by atoms with van der Waals surface area (Å²) in [4.78, 5) is 0. The van der Waals surface area contributed by atoms with Gasteiger partial charge in [-0.05, 0) is 55.4 Å². The lowest BCUT2D eigenvalue weighted by atomic mass is 9.68. The van der Waals surface area contributed by atoms with Gasteiger partial charge in [-0.2, -0.15) is 0 Å². The zero-order valence-corrected chi connectivity index (χ0v) is 11.9. The van der Waals surface area contributed by atoms with E-state index in [0.29, 0.717) is 17.2 Å². The van der Waals surface area contributed by atoms with Crippen molar-refractivity contribution < 1.29 is 9.13 Å². The minimum absolute atomic E-state index is 0.200. The molecule has 0 saturated heterocycles. The van der Waals surface area contributed by atoms with Gasteiger partial charge in [-0.3, -0.25) is 0 Å². The van der Waals surface area contributed by atoms with Crippen LogP contribution in [0.1, 0.15) is 37.7 Å². The minimum Gasteiger partial charge on any atom is -0.497 e. The number of nitrogens with two attached hydrogens (primary N) is 1. The van der Waals surface area contributed by atoms with Gasteiger partial charge >= 0.3 is 0 Å². The summed E-state index contributed by atoms with van der Waals surface area (Å²) < 4.78 is 19.5. The molecule has 0 heterocycles. The van der Waals surface area contributed by atoms with Gasteiger partial charge in [0.15, 0.2) is 0 Å². The number of hydrogen-bond acceptors (Lipinski definition) is 2. The van der Waals surface area contributed by atoms with E-state index in [-0.39, 0.29) is 5.82 Å². The van der Waals surface area contributed by atoms with Crippen LogP contribution < -0.4 is 10.5 Å². The topological polar surface area (TPSA) is 35.2 Å². The number of halogens is 1. The maximum absolute atomic E-state index is 14.4. The van der Waals surface area contributed by atoms with Crippen molar-refractivity contribution in [1.82, 2.24) is 0 Å². The highest BCUT2D eigenvalue weighted by Crippen LogP contribution is 2.64. The van der Waals surface area contributed by atoms with Crippen molar-refractivity contribution in [2.75, 3.05) is 7.11 Å². The maximum atomic E-state index is 14.4. The van der Waals surface area contributed by atoms with Gasteiger partial charge in [0.1, 0.15) is 11.6 Å². The Morgan fingerprint density at radius 3 is 2.85 bits per heavy atom. The molecule has 1 aromatic carbocycles. The fraction of sp³-hybridized carbons (Fsp3) is 0.647. The quantitative estimate of drug-likeness (QED) is 0.897. The minimum atomic E-state index is -0.452. The summed E-state index contributed by atoms with van der Waals surface area (Å²) in [5.74, 6) is 3.17. The molecule has 1 aromatic rings. The molecule has 0 aliphatic heterocycles. The van der Waals surface area contributed by atoms with Crippen LogP contribution in [0.3, 0.4) is 0 Å². The van der Waals surface area contributed by atoms with Crippen LogP contribution in [0.4, 0.5) is 4.39 Å². The van der Waals surface area contributed by atoms with E-state index in [1.807, 2.05) is 12.1 Å². The third-order valence-corrected chi connectivity index (χ3v) is 6.24. The molecule has 2 N–H and O–H groups in total. The normalized spacial score (nSPS) is 42.0. The van der Waals surface area contributed by atoms with Crippen molar-refractivity contribution in [2.45, 2.75) is 37.6 Å². The zero-order chi connectivity index (χ0) is 13.9. The predicted octanol–water partition coefficient (Wildman–Crippen LogP) is 3.44. The molecule has 3 heteroatoms. The van der Waals surface area contributed by atoms with E-state index in [0.717, 1.165) is 24.2 Å². The van der Waals surface area contributed by atoms with Crippen molar-refractivity contribution in [3.8, 4) is 5.75 Å². The van der Waals surface area contributed by atoms with E-state index in [9.17, 15) is 4.39 Å². The van der Waals surface area contributed by atoms with E-state index in [1.54, 1.807) is 7.11 Å². The smallest absolute Gasteiger partial charge is 0.131 e. The molecule has 3 saturated carbocycles. The highest BCUT2D eigenvalue weighted by atomic mass is 19.1. The van der Waals surface area contributed by atoms with Crippen LogP contribution in [0.25, 0.3) is 0 Å². The van der Waals surface area contributed by atoms with E-state index in [2.05, 4.69) is 0 Å². The molecule has 0 radical (unpaired) electrons. The van der Waals surface area contributed by atoms with Gasteiger partial charge < -0.3 is 10.5 Å². The monoisotopic (exact) mass is 275 g/mol. The van der Waals surface area contributed by atoms with Gasteiger partial charge in [-0.15, -0.1) is 0 Å². The molecule has 4 rings (SSSR count). The maximum Gasteiger partial charge on any atom is 0.131 e. The largest absolute Gasteiger partial charge is 0.497 e. The van der Waals surface area contributed by atoms with E-state index in [4.69, 9.17) is 10.5 Å². The Morgan fingerprint density at radius 1 is 1.30 bits per heavy atom. The number of ether oxygens (including phenoxy) is 1. The summed E-state index contributed by atoms with van der Waals surface area (Å²) in [6.45, 7) is 0. The molecule has 2 nitrogen and oxygen atoms in total. The second-order valence-corrected chi connectivity index (χ2v) is 6.95. The van der Waals surface area contributed by atoms with E-state index >= 15 is 0 Å². The average Bonchev–Trinajstić information content (AvgIpc) is 3.09. The number of hydrogen-bond donors (Lipinski definition) is 1. The molecule has 108 valence electrons. The van der Waals surface area contributed by atoms with Gasteiger partial charge in [-0.25, -0.2) is 4.39 Å². The van der Waals surface area contributed by atoms with Crippen LogP contribution >= 0.6 is 0 Å². The summed E-state index contributed by atoms with van der Waals surface area (Å²) >= 11 is 0. The van der Waals surface area contributed by atoms with Crippen LogP contribution in [0, 0.1) is 29.5 Å². The van der Waals surface area contributed by atoms with Crippen molar-refractivity contribution in [3.05, 3.63) is 29.6 Å². The summed E-state index contributed by atoms with van der Waals surface area (Å²) in [6, 6.07) is 5.16. The van der Waals surface area contributed by atoms with Gasteiger partial charge in [0, 0.05) is 17.2 Å². The van der Waals surface area contributed by atoms with E-state index in [1.165, 1.54) is 31.7 Å². The van der Waals surface area contributed by atoms with Gasteiger partial charge in [0.2, 0.25) is 0 Å². The van der Waals surface area contributed by atoms with Crippen molar-refractivity contribution in [2.24, 2.45) is 29.4 Å². The first-order valence-electron chi connectivity index (χ1n) is 7.76. The number of rotatable bonds is 2. The second-order valence-electron chi connectivity index (χ2n) is 6.95. The molecular weight excluding hydrogens is 253 g/mol. The predicted molar refractivity (Wildman–Crippen MR) is 75.9 cm³/mol. The second kappa shape index (κ2) is 4.20. The lowest BCUT2D eigenvalue weighted by Crippen LogP contribution is -2.47. The van der Waals surface area contributed by atoms with Crippen molar-refractivity contribution >= 4 is 0 Å². The highest BCUT2D eigenvalue weighted by molar-refractivity contribution is 5.36. The van der Waals surface area contributed by atoms with E-state index < -0.39 is 5.54 Å². The number of fused-ring (bicyclic) bond motifs is 5. The Kier molecular flexibility index (Phi) is 2.65. The molecule has 0 amide bonds. The Morgan fingerprint density at radius 2 is 2.10 bits per heavy atom. The molecule has 3 aliphatic rings. The molecule has 20 heavy (non-hydrogen) atoms. The third kappa shape index (κ3) is 1.53. The van der Waals surface area contributed by atoms with Crippen LogP contribution in [0.2, 0.25) is 0 Å². The Balaban J connectivity index is 1.72. The summed E-state index contributed by atoms with van der Waals surface area (Å²) in [5, 5.41) is 0. The van der Waals surface area contributed by atoms with Gasteiger partial charge in [0.05, 0.1) is 7.11 Å². The summed E-state index contributed by atoms with van der Waals surface area (Å²) in [7, 11) is 1.56. The molecular formula is C17H22FNO. The van der Waals surface area contributed by atoms with Crippen molar-refractivity contribution in [1.29, 1.82) is 0 Å². The molecule has 3 aliphatic carbocycles. The summed E-state index contributed by atoms with van der Waals surface area (Å²) in [5.41, 5.74) is 6.99. The molecule has 5 unspecified atom stereocenters. The first kappa shape index (κ1) is 12.6. The fourth-order valence-corrected chi connectivity index (χ4v) is 5.50. The number of benzene rings is 1. The Hall–Kier alpha value is -1.09. The standard InChI is InChI=1S/C17H22FNO/c1-20-11-5-6-14(16(18)8-11)17(19)9-10-7-15(17)13-4-2-3-12(10)13/h5-6,8,10,12-13,15H,2-4,7,9,19H2,1H3. The SMILES string of the molecule is COc1ccc(C2(N)CC3CC2C2CCCC32)c(F)c1. The zero-order valence-electron chi connectivity index (χ0n) is 11.9. The lowest BCUT2D eigenvalue weighted by Gasteiger charge is -2.40. The molecule has 2 bridgehead atoms. The Bertz CT molecular complexity index is 546.